The maximum Gasteiger partial charge on any atom is 0.311 e. The largest absolute Gasteiger partial charge is 0.494 e. The first-order valence-electron chi connectivity index (χ1n) is 8.83. The number of ether oxygens (including phenoxy) is 2. The summed E-state index contributed by atoms with van der Waals surface area (Å²) in [5.74, 6) is 0.597. The monoisotopic (exact) mass is 375 g/mol. The Morgan fingerprint density at radius 1 is 1.27 bits per heavy atom. The van der Waals surface area contributed by atoms with E-state index in [9.17, 15) is 4.79 Å². The van der Waals surface area contributed by atoms with E-state index in [-0.39, 0.29) is 12.4 Å². The lowest BCUT2D eigenvalue weighted by atomic mass is 10.2. The fourth-order valence-corrected chi connectivity index (χ4v) is 2.81. The highest BCUT2D eigenvalue weighted by molar-refractivity contribution is 7.13. The summed E-state index contributed by atoms with van der Waals surface area (Å²) in [6.07, 6.45) is 5.35. The van der Waals surface area contributed by atoms with Gasteiger partial charge in [-0.1, -0.05) is 19.8 Å². The van der Waals surface area contributed by atoms with E-state index in [2.05, 4.69) is 22.4 Å². The predicted molar refractivity (Wildman–Crippen MR) is 105 cm³/mol. The Kier molecular flexibility index (Phi) is 8.62. The summed E-state index contributed by atoms with van der Waals surface area (Å²) < 4.78 is 10.6. The van der Waals surface area contributed by atoms with Gasteiger partial charge in [-0.15, -0.1) is 11.3 Å². The van der Waals surface area contributed by atoms with Crippen LogP contribution in [0.5, 0.6) is 5.75 Å². The molecule has 0 aliphatic carbocycles. The second kappa shape index (κ2) is 11.3. The molecule has 26 heavy (non-hydrogen) atoms. The number of carbonyl (C=O) groups excluding carboxylic acids is 1. The van der Waals surface area contributed by atoms with Gasteiger partial charge in [0, 0.05) is 5.38 Å². The number of carbonyl (C=O) groups is 1. The fourth-order valence-electron chi connectivity index (χ4n) is 2.15. The molecule has 1 aromatic heterocycles. The first-order valence-corrected chi connectivity index (χ1v) is 9.71. The van der Waals surface area contributed by atoms with Gasteiger partial charge in [0.1, 0.15) is 5.75 Å². The Morgan fingerprint density at radius 2 is 2.08 bits per heavy atom. The van der Waals surface area contributed by atoms with Crippen molar-refractivity contribution >= 4 is 28.7 Å². The van der Waals surface area contributed by atoms with Crippen molar-refractivity contribution in [2.24, 2.45) is 5.10 Å². The molecule has 0 amide bonds. The van der Waals surface area contributed by atoms with Crippen LogP contribution in [0.25, 0.3) is 0 Å². The molecule has 0 unspecified atom stereocenters. The van der Waals surface area contributed by atoms with E-state index < -0.39 is 0 Å². The van der Waals surface area contributed by atoms with Crippen molar-refractivity contribution in [2.75, 3.05) is 18.6 Å². The Morgan fingerprint density at radius 3 is 2.81 bits per heavy atom. The van der Waals surface area contributed by atoms with Crippen molar-refractivity contribution in [1.29, 1.82) is 0 Å². The van der Waals surface area contributed by atoms with Crippen molar-refractivity contribution in [3.05, 3.63) is 40.9 Å². The van der Waals surface area contributed by atoms with Crippen molar-refractivity contribution < 1.29 is 14.3 Å². The quantitative estimate of drug-likeness (QED) is 0.275. The molecule has 7 heteroatoms. The van der Waals surface area contributed by atoms with Gasteiger partial charge in [0.05, 0.1) is 31.5 Å². The number of hydrogen-bond acceptors (Lipinski definition) is 7. The maximum atomic E-state index is 11.4. The number of hydrazone groups is 1. The number of anilines is 1. The van der Waals surface area contributed by atoms with Crippen LogP contribution >= 0.6 is 11.3 Å². The van der Waals surface area contributed by atoms with Crippen molar-refractivity contribution in [1.82, 2.24) is 4.98 Å². The Balaban J connectivity index is 1.77. The maximum absolute atomic E-state index is 11.4. The van der Waals surface area contributed by atoms with Crippen LogP contribution in [0.3, 0.4) is 0 Å². The molecule has 0 saturated carbocycles. The molecule has 1 heterocycles. The van der Waals surface area contributed by atoms with Gasteiger partial charge in [0.15, 0.2) is 0 Å². The van der Waals surface area contributed by atoms with Gasteiger partial charge in [0.2, 0.25) is 5.13 Å². The number of nitrogens with zero attached hydrogens (tertiary/aromatic N) is 2. The zero-order chi connectivity index (χ0) is 18.6. The summed E-state index contributed by atoms with van der Waals surface area (Å²) in [4.78, 5) is 15.7. The summed E-state index contributed by atoms with van der Waals surface area (Å²) in [6.45, 7) is 5.09. The van der Waals surface area contributed by atoms with E-state index in [1.807, 2.05) is 29.6 Å². The molecule has 0 radical (unpaired) electrons. The third kappa shape index (κ3) is 7.23. The van der Waals surface area contributed by atoms with Crippen molar-refractivity contribution in [2.45, 2.75) is 39.5 Å². The summed E-state index contributed by atoms with van der Waals surface area (Å²) >= 11 is 1.40. The smallest absolute Gasteiger partial charge is 0.311 e. The molecule has 2 rings (SSSR count). The van der Waals surface area contributed by atoms with Crippen LogP contribution < -0.4 is 10.2 Å². The predicted octanol–water partition coefficient (Wildman–Crippen LogP) is 4.26. The fraction of sp³-hybridized carbons (Fsp3) is 0.421. The molecule has 0 aliphatic rings. The highest BCUT2D eigenvalue weighted by Crippen LogP contribution is 2.16. The normalized spacial score (nSPS) is 10.8. The molecular formula is C19H25N3O3S. The molecule has 2 aromatic rings. The number of aromatic nitrogens is 1. The first kappa shape index (κ1) is 19.9. The summed E-state index contributed by atoms with van der Waals surface area (Å²) in [7, 11) is 0. The zero-order valence-electron chi connectivity index (χ0n) is 15.2. The average molecular weight is 375 g/mol. The van der Waals surface area contributed by atoms with Gasteiger partial charge < -0.3 is 9.47 Å². The number of benzene rings is 1. The SMILES string of the molecule is CCCCCOc1ccc(C=NNc2nc(CC(=O)OCC)cs2)cc1. The molecule has 140 valence electrons. The second-order valence-corrected chi connectivity index (χ2v) is 6.48. The number of hydrogen-bond donors (Lipinski definition) is 1. The molecule has 0 fully saturated rings. The van der Waals surface area contributed by atoms with Crippen molar-refractivity contribution in [3.8, 4) is 5.75 Å². The zero-order valence-corrected chi connectivity index (χ0v) is 16.1. The van der Waals surface area contributed by atoms with E-state index in [1.54, 1.807) is 13.1 Å². The second-order valence-electron chi connectivity index (χ2n) is 5.62. The third-order valence-corrected chi connectivity index (χ3v) is 4.25. The lowest BCUT2D eigenvalue weighted by molar-refractivity contribution is -0.142. The van der Waals surface area contributed by atoms with E-state index in [0.29, 0.717) is 17.4 Å². The lowest BCUT2D eigenvalue weighted by Gasteiger charge is -2.05. The number of thiazole rings is 1. The van der Waals surface area contributed by atoms with Gasteiger partial charge in [0.25, 0.3) is 0 Å². The van der Waals surface area contributed by atoms with E-state index in [4.69, 9.17) is 9.47 Å². The molecule has 0 spiro atoms. The van der Waals surface area contributed by atoms with Crippen LogP contribution in [-0.2, 0) is 16.0 Å². The van der Waals surface area contributed by atoms with Crippen LogP contribution in [0.4, 0.5) is 5.13 Å². The van der Waals surface area contributed by atoms with Gasteiger partial charge >= 0.3 is 5.97 Å². The standard InChI is InChI=1S/C19H25N3O3S/c1-3-5-6-11-25-17-9-7-15(8-10-17)13-20-22-19-21-16(14-26-19)12-18(23)24-4-2/h7-10,13-14H,3-6,11-12H2,1-2H3,(H,21,22). The van der Waals surface area contributed by atoms with Crippen LogP contribution in [-0.4, -0.2) is 30.4 Å². The molecule has 1 aromatic carbocycles. The highest BCUT2D eigenvalue weighted by atomic mass is 32.1. The molecule has 0 saturated heterocycles. The third-order valence-electron chi connectivity index (χ3n) is 3.45. The minimum absolute atomic E-state index is 0.176. The van der Waals surface area contributed by atoms with Gasteiger partial charge in [-0.3, -0.25) is 10.2 Å². The molecule has 0 bridgehead atoms. The molecule has 0 atom stereocenters. The van der Waals surface area contributed by atoms with E-state index >= 15 is 0 Å². The van der Waals surface area contributed by atoms with E-state index in [1.165, 1.54) is 24.2 Å². The summed E-state index contributed by atoms with van der Waals surface area (Å²) in [6, 6.07) is 7.78. The molecule has 6 nitrogen and oxygen atoms in total. The summed E-state index contributed by atoms with van der Waals surface area (Å²) in [5.41, 5.74) is 4.51. The van der Waals surface area contributed by atoms with Crippen molar-refractivity contribution in [3.63, 3.8) is 0 Å². The Hall–Kier alpha value is -2.41. The van der Waals surface area contributed by atoms with Crippen LogP contribution in [0.1, 0.15) is 44.4 Å². The van der Waals surface area contributed by atoms with Crippen LogP contribution in [0.15, 0.2) is 34.7 Å². The lowest BCUT2D eigenvalue weighted by Crippen LogP contribution is -2.07. The number of esters is 1. The Bertz CT molecular complexity index is 698. The van der Waals surface area contributed by atoms with Crippen LogP contribution in [0.2, 0.25) is 0 Å². The first-order chi connectivity index (χ1) is 12.7. The van der Waals surface area contributed by atoms with Gasteiger partial charge in [-0.25, -0.2) is 4.98 Å². The molecule has 0 aliphatic heterocycles. The minimum Gasteiger partial charge on any atom is -0.494 e. The number of unbranched alkanes of at least 4 members (excludes halogenated alkanes) is 2. The topological polar surface area (TPSA) is 72.8 Å². The number of rotatable bonds is 11. The molecule has 1 N–H and O–H groups in total. The van der Waals surface area contributed by atoms with Crippen LogP contribution in [0, 0.1) is 0 Å². The molecular weight excluding hydrogens is 350 g/mol. The number of nitrogens with one attached hydrogen (secondary N) is 1. The summed E-state index contributed by atoms with van der Waals surface area (Å²) in [5, 5.41) is 6.63. The van der Waals surface area contributed by atoms with Gasteiger partial charge in [-0.05, 0) is 43.2 Å². The Labute approximate surface area is 158 Å². The minimum atomic E-state index is -0.273. The van der Waals surface area contributed by atoms with Gasteiger partial charge in [-0.2, -0.15) is 5.10 Å². The average Bonchev–Trinajstić information content (AvgIpc) is 3.07. The van der Waals surface area contributed by atoms with E-state index in [0.717, 1.165) is 24.3 Å². The highest BCUT2D eigenvalue weighted by Gasteiger charge is 2.07.